The Morgan fingerprint density at radius 1 is 0.421 bits per heavy atom. The predicted molar refractivity (Wildman–Crippen MR) is 154 cm³/mol. The summed E-state index contributed by atoms with van der Waals surface area (Å²) >= 11 is 0. The van der Waals surface area contributed by atoms with E-state index in [1.165, 1.54) is 12.1 Å². The first-order valence-electron chi connectivity index (χ1n) is 12.4. The second-order valence-corrected chi connectivity index (χ2v) is 10.4. The van der Waals surface area contributed by atoms with Crippen LogP contribution in [-0.2, 0) is 0 Å². The fourth-order valence-corrected chi connectivity index (χ4v) is 5.69. The van der Waals surface area contributed by atoms with Gasteiger partial charge in [0, 0.05) is 11.4 Å². The predicted octanol–water partition coefficient (Wildman–Crippen LogP) is 3.52. The summed E-state index contributed by atoms with van der Waals surface area (Å²) in [6.07, 6.45) is 0. The lowest BCUT2D eigenvalue weighted by Crippen LogP contribution is -2.26. The normalized spacial score (nSPS) is 11.8. The minimum atomic E-state index is -0.534. The molecule has 194 valence electrons. The van der Waals surface area contributed by atoms with Crippen LogP contribution >= 0.6 is 0 Å². The molecule has 3 aromatic carbocycles. The van der Waals surface area contributed by atoms with Gasteiger partial charge in [-0.25, -0.2) is 9.13 Å². The highest BCUT2D eigenvalue weighted by molar-refractivity contribution is 5.98. The molecule has 0 aliphatic heterocycles. The Bertz CT molecular complexity index is 1820. The van der Waals surface area contributed by atoms with E-state index in [1.807, 2.05) is 55.4 Å². The zero-order valence-electron chi connectivity index (χ0n) is 22.8. The summed E-state index contributed by atoms with van der Waals surface area (Å²) in [6.45, 7) is 14.7. The molecule has 0 aliphatic carbocycles. The summed E-state index contributed by atoms with van der Waals surface area (Å²) in [5, 5.41) is 0.392. The molecule has 0 unspecified atom stereocenters. The number of benzene rings is 3. The standard InChI is InChI=1S/C30H30N4O4/c1-11-15(5)25(16(6)12(2)23(11)31)33-27(35)19-9-21-22(10-20(19)28(33)36)30(38)34(29(21)37)26-17(7)13(3)24(32)14(4)18(26)8/h9-10H,31-32H2,1-8H3. The van der Waals surface area contributed by atoms with Gasteiger partial charge in [-0.2, -0.15) is 0 Å². The van der Waals surface area contributed by atoms with E-state index in [1.54, 1.807) is 0 Å². The minimum Gasteiger partial charge on any atom is -0.398 e. The van der Waals surface area contributed by atoms with Gasteiger partial charge in [-0.3, -0.25) is 19.2 Å². The topological polar surface area (TPSA) is 130 Å². The smallest absolute Gasteiger partial charge is 0.266 e. The van der Waals surface area contributed by atoms with Crippen LogP contribution in [0.25, 0.3) is 32.9 Å². The summed E-state index contributed by atoms with van der Waals surface area (Å²) in [6, 6.07) is 2.77. The molecule has 5 aromatic rings. The fourth-order valence-electron chi connectivity index (χ4n) is 5.69. The molecule has 0 atom stereocenters. The number of hydrogen-bond donors (Lipinski definition) is 2. The molecule has 0 fully saturated rings. The van der Waals surface area contributed by atoms with E-state index in [4.69, 9.17) is 11.5 Å². The van der Waals surface area contributed by atoms with Crippen LogP contribution < -0.4 is 33.7 Å². The number of rotatable bonds is 2. The van der Waals surface area contributed by atoms with Gasteiger partial charge in [0.1, 0.15) is 0 Å². The molecule has 0 radical (unpaired) electrons. The Labute approximate surface area is 218 Å². The first kappa shape index (κ1) is 25.2. The monoisotopic (exact) mass is 510 g/mol. The Morgan fingerprint density at radius 2 is 0.632 bits per heavy atom. The largest absolute Gasteiger partial charge is 0.398 e. The molecule has 5 rings (SSSR count). The summed E-state index contributed by atoms with van der Waals surface area (Å²) in [5.74, 6) is 0. The van der Waals surface area contributed by atoms with E-state index < -0.39 is 22.2 Å². The Balaban J connectivity index is 1.90. The number of nitrogens with zero attached hydrogens (tertiary/aromatic N) is 2. The van der Waals surface area contributed by atoms with Crippen LogP contribution in [0.15, 0.2) is 31.3 Å². The summed E-state index contributed by atoms with van der Waals surface area (Å²) in [5.41, 5.74) is 18.6. The van der Waals surface area contributed by atoms with Crippen molar-refractivity contribution in [3.05, 3.63) is 98.1 Å². The van der Waals surface area contributed by atoms with Crippen molar-refractivity contribution in [2.45, 2.75) is 55.4 Å². The molecule has 2 heterocycles. The first-order chi connectivity index (χ1) is 17.7. The molecule has 0 spiro atoms. The highest BCUT2D eigenvalue weighted by atomic mass is 16.2. The molecule has 0 saturated heterocycles. The Kier molecular flexibility index (Phi) is 5.32. The number of aromatic nitrogens is 2. The maximum absolute atomic E-state index is 13.6. The molecule has 0 bridgehead atoms. The Hall–Kier alpha value is -4.46. The van der Waals surface area contributed by atoms with Crippen molar-refractivity contribution in [1.82, 2.24) is 9.13 Å². The molecule has 0 saturated carbocycles. The number of fused-ring (bicyclic) bond motifs is 2. The average molecular weight is 511 g/mol. The van der Waals surface area contributed by atoms with E-state index in [9.17, 15) is 19.2 Å². The molecular formula is C30H30N4O4. The maximum atomic E-state index is 13.6. The number of nitrogens with two attached hydrogens (primary N) is 2. The zero-order valence-corrected chi connectivity index (χ0v) is 22.8. The van der Waals surface area contributed by atoms with E-state index in [-0.39, 0.29) is 21.5 Å². The number of nitrogen functional groups attached to an aromatic ring is 2. The van der Waals surface area contributed by atoms with Crippen LogP contribution in [-0.4, -0.2) is 9.13 Å². The van der Waals surface area contributed by atoms with Crippen molar-refractivity contribution in [3.63, 3.8) is 0 Å². The van der Waals surface area contributed by atoms with Gasteiger partial charge in [-0.05, 0) is 112 Å². The van der Waals surface area contributed by atoms with Crippen molar-refractivity contribution in [3.8, 4) is 11.4 Å². The number of anilines is 2. The zero-order chi connectivity index (χ0) is 28.1. The van der Waals surface area contributed by atoms with E-state index in [0.29, 0.717) is 22.7 Å². The first-order valence-corrected chi connectivity index (χ1v) is 12.4. The minimum absolute atomic E-state index is 0.0980. The van der Waals surface area contributed by atoms with Crippen molar-refractivity contribution in [2.24, 2.45) is 0 Å². The van der Waals surface area contributed by atoms with Gasteiger partial charge < -0.3 is 11.5 Å². The molecule has 38 heavy (non-hydrogen) atoms. The van der Waals surface area contributed by atoms with Gasteiger partial charge in [-0.1, -0.05) is 0 Å². The van der Waals surface area contributed by atoms with Crippen molar-refractivity contribution in [1.29, 1.82) is 0 Å². The Morgan fingerprint density at radius 3 is 0.842 bits per heavy atom. The molecule has 0 amide bonds. The van der Waals surface area contributed by atoms with Crippen LogP contribution in [0.2, 0.25) is 0 Å². The van der Waals surface area contributed by atoms with Crippen LogP contribution in [0.1, 0.15) is 44.5 Å². The van der Waals surface area contributed by atoms with Crippen LogP contribution in [0.3, 0.4) is 0 Å². The van der Waals surface area contributed by atoms with Gasteiger partial charge in [0.15, 0.2) is 0 Å². The summed E-state index contributed by atoms with van der Waals surface area (Å²) in [4.78, 5) is 54.6. The fraction of sp³-hybridized carbons (Fsp3) is 0.267. The van der Waals surface area contributed by atoms with E-state index >= 15 is 0 Å². The lowest BCUT2D eigenvalue weighted by Gasteiger charge is -2.18. The summed E-state index contributed by atoms with van der Waals surface area (Å²) < 4.78 is 2.27. The molecule has 4 N–H and O–H groups in total. The average Bonchev–Trinajstić information content (AvgIpc) is 3.28. The van der Waals surface area contributed by atoms with E-state index in [0.717, 1.165) is 53.6 Å². The van der Waals surface area contributed by atoms with Crippen LogP contribution in [0.4, 0.5) is 11.4 Å². The second kappa shape index (κ2) is 8.02. The lowest BCUT2D eigenvalue weighted by atomic mass is 9.96. The highest BCUT2D eigenvalue weighted by Gasteiger charge is 2.25. The molecule has 2 aromatic heterocycles. The van der Waals surface area contributed by atoms with Gasteiger partial charge in [0.05, 0.1) is 32.9 Å². The summed E-state index contributed by atoms with van der Waals surface area (Å²) in [7, 11) is 0. The second-order valence-electron chi connectivity index (χ2n) is 10.4. The lowest BCUT2D eigenvalue weighted by molar-refractivity contribution is 0.953. The van der Waals surface area contributed by atoms with Gasteiger partial charge in [0.25, 0.3) is 22.2 Å². The molecular weight excluding hydrogens is 480 g/mol. The molecule has 0 aliphatic rings. The third-order valence-corrected chi connectivity index (χ3v) is 8.63. The van der Waals surface area contributed by atoms with Gasteiger partial charge >= 0.3 is 0 Å². The van der Waals surface area contributed by atoms with Crippen LogP contribution in [0.5, 0.6) is 0 Å². The third-order valence-electron chi connectivity index (χ3n) is 8.63. The van der Waals surface area contributed by atoms with Crippen molar-refractivity contribution < 1.29 is 0 Å². The number of hydrogen-bond acceptors (Lipinski definition) is 6. The van der Waals surface area contributed by atoms with Crippen molar-refractivity contribution in [2.75, 3.05) is 11.5 Å². The molecule has 8 heteroatoms. The van der Waals surface area contributed by atoms with Crippen molar-refractivity contribution >= 4 is 32.9 Å². The van der Waals surface area contributed by atoms with Crippen LogP contribution in [0, 0.1) is 55.4 Å². The highest BCUT2D eigenvalue weighted by Crippen LogP contribution is 2.32. The quantitative estimate of drug-likeness (QED) is 0.350. The van der Waals surface area contributed by atoms with Gasteiger partial charge in [0.2, 0.25) is 0 Å². The third kappa shape index (κ3) is 2.97. The van der Waals surface area contributed by atoms with E-state index in [2.05, 4.69) is 0 Å². The molecule has 8 nitrogen and oxygen atoms in total. The SMILES string of the molecule is Cc1c(C)c(-n2c(=O)c3cc4c(=O)n(-c5c(C)c(C)c(N)c(C)c5C)c(=O)c4cc3c2=O)c(C)c(C)c1N. The van der Waals surface area contributed by atoms with Gasteiger partial charge in [-0.15, -0.1) is 0 Å². The maximum Gasteiger partial charge on any atom is 0.266 e.